The second-order valence-corrected chi connectivity index (χ2v) is 18.8. The van der Waals surface area contributed by atoms with Crippen LogP contribution in [-0.4, -0.2) is 122 Å². The van der Waals surface area contributed by atoms with E-state index in [1.54, 1.807) is 6.92 Å². The fraction of sp³-hybridized carbons (Fsp3) is 0.854. The van der Waals surface area contributed by atoms with Crippen LogP contribution in [0.3, 0.4) is 0 Å². The molecule has 4 aliphatic carbocycles. The summed E-state index contributed by atoms with van der Waals surface area (Å²) < 4.78 is 23.6. The molecule has 2 saturated carbocycles. The Labute approximate surface area is 318 Å². The van der Waals surface area contributed by atoms with E-state index >= 15 is 0 Å². The Kier molecular flexibility index (Phi) is 11.5. The number of allylic oxidation sites excluding steroid dienone is 3. The molecule has 6 aliphatic rings. The highest BCUT2D eigenvalue weighted by Crippen LogP contribution is 2.72. The number of carbonyl (C=O) groups is 2. The second-order valence-electron chi connectivity index (χ2n) is 18.8. The van der Waals surface area contributed by atoms with Crippen LogP contribution in [0.2, 0.25) is 0 Å². The predicted octanol–water partition coefficient (Wildman–Crippen LogP) is 2.87. The molecule has 0 radical (unpaired) electrons. The highest BCUT2D eigenvalue weighted by atomic mass is 16.7. The lowest BCUT2D eigenvalue weighted by atomic mass is 9.36. The number of rotatable bonds is 11. The van der Waals surface area contributed by atoms with Crippen LogP contribution in [0, 0.1) is 44.8 Å². The molecule has 7 N–H and O–H groups in total. The zero-order valence-corrected chi connectivity index (χ0v) is 32.9. The molecule has 0 aromatic rings. The van der Waals surface area contributed by atoms with Gasteiger partial charge in [0.15, 0.2) is 12.6 Å². The van der Waals surface area contributed by atoms with Crippen molar-refractivity contribution in [2.45, 2.75) is 161 Å². The number of hydrogen-bond acceptors (Lipinski definition) is 12. The maximum Gasteiger partial charge on any atom is 0.313 e. The van der Waals surface area contributed by atoms with Gasteiger partial charge in [0.1, 0.15) is 48.5 Å². The number of Topliss-reactive ketones (excluding diaryl/α,β-unsaturated/α-hetero) is 1. The predicted molar refractivity (Wildman–Crippen MR) is 194 cm³/mol. The molecule has 17 unspecified atom stereocenters. The topological polar surface area (TPSA) is 213 Å². The van der Waals surface area contributed by atoms with E-state index in [2.05, 4.69) is 46.8 Å². The van der Waals surface area contributed by atoms with Crippen LogP contribution in [0.25, 0.3) is 0 Å². The third-order valence-corrected chi connectivity index (χ3v) is 15.7. The van der Waals surface area contributed by atoms with Crippen molar-refractivity contribution in [2.75, 3.05) is 13.2 Å². The fourth-order valence-corrected chi connectivity index (χ4v) is 11.6. The van der Waals surface area contributed by atoms with Crippen molar-refractivity contribution in [3.05, 3.63) is 23.8 Å². The number of fused-ring (bicyclic) bond motifs is 5. The van der Waals surface area contributed by atoms with Crippen LogP contribution in [0.1, 0.15) is 99.8 Å². The van der Waals surface area contributed by atoms with Gasteiger partial charge in [-0.3, -0.25) is 9.59 Å². The average molecular weight is 765 g/mol. The molecule has 0 aromatic heterocycles. The lowest BCUT2D eigenvalue weighted by Crippen LogP contribution is -2.64. The van der Waals surface area contributed by atoms with E-state index in [1.165, 1.54) is 0 Å². The van der Waals surface area contributed by atoms with Gasteiger partial charge in [-0.25, -0.2) is 0 Å². The van der Waals surface area contributed by atoms with Crippen molar-refractivity contribution in [2.24, 2.45) is 44.8 Å². The van der Waals surface area contributed by atoms with Crippen molar-refractivity contribution in [3.8, 4) is 0 Å². The van der Waals surface area contributed by atoms with E-state index in [9.17, 15) is 45.3 Å². The summed E-state index contributed by atoms with van der Waals surface area (Å²) >= 11 is 0. The van der Waals surface area contributed by atoms with Crippen LogP contribution >= 0.6 is 0 Å². The molecule has 13 nitrogen and oxygen atoms in total. The molecule has 0 bridgehead atoms. The fourth-order valence-electron chi connectivity index (χ4n) is 11.6. The summed E-state index contributed by atoms with van der Waals surface area (Å²) in [6.07, 6.45) is -0.450. The number of aliphatic hydroxyl groups excluding tert-OH is 6. The van der Waals surface area contributed by atoms with E-state index in [0.29, 0.717) is 25.7 Å². The molecule has 17 atom stereocenters. The lowest BCUT2D eigenvalue weighted by Gasteiger charge is -2.69. The smallest absolute Gasteiger partial charge is 0.313 e. The van der Waals surface area contributed by atoms with Gasteiger partial charge in [-0.2, -0.15) is 0 Å². The number of aliphatic carboxylic acids is 1. The minimum Gasteiger partial charge on any atom is -0.481 e. The number of hydrogen-bond donors (Lipinski definition) is 7. The Bertz CT molecular complexity index is 1480. The van der Waals surface area contributed by atoms with Crippen molar-refractivity contribution in [3.63, 3.8) is 0 Å². The Hall–Kier alpha value is -1.78. The minimum absolute atomic E-state index is 0.0782. The highest BCUT2D eigenvalue weighted by molar-refractivity contribution is 5.79. The molecule has 4 fully saturated rings. The Balaban J connectivity index is 1.18. The number of ether oxygens (including phenoxy) is 4. The van der Waals surface area contributed by atoms with Gasteiger partial charge in [0.2, 0.25) is 0 Å². The molecule has 6 rings (SSSR count). The second kappa shape index (κ2) is 14.9. The molecule has 2 aliphatic heterocycles. The van der Waals surface area contributed by atoms with Crippen molar-refractivity contribution in [1.82, 2.24) is 0 Å². The maximum atomic E-state index is 12.8. The van der Waals surface area contributed by atoms with Crippen molar-refractivity contribution >= 4 is 11.8 Å². The zero-order chi connectivity index (χ0) is 39.8. The number of carbonyl (C=O) groups excluding carboxylic acids is 1. The van der Waals surface area contributed by atoms with E-state index in [1.807, 2.05) is 13.0 Å². The molecule has 0 aromatic carbocycles. The van der Waals surface area contributed by atoms with E-state index in [0.717, 1.165) is 31.3 Å². The highest BCUT2D eigenvalue weighted by Gasteiger charge is 2.66. The Morgan fingerprint density at radius 3 is 2.15 bits per heavy atom. The summed E-state index contributed by atoms with van der Waals surface area (Å²) in [7, 11) is 0. The Morgan fingerprint density at radius 1 is 0.870 bits per heavy atom. The SMILES string of the molecule is CC(=O)C(C)CCC1(C(=O)O)C=C2C=CC3C4(C)CCC(OC5OC(COC6OC(CO)C(O)C6O)C(O)C(O)C5O)C(C)(C)C4CCC3(C)C2(C)CC1. The summed E-state index contributed by atoms with van der Waals surface area (Å²) in [5.41, 5.74) is -0.762. The molecule has 306 valence electrons. The lowest BCUT2D eigenvalue weighted by molar-refractivity contribution is -0.334. The van der Waals surface area contributed by atoms with Crippen molar-refractivity contribution < 1.29 is 64.3 Å². The summed E-state index contributed by atoms with van der Waals surface area (Å²) in [6, 6.07) is 0. The molecule has 2 saturated heterocycles. The molecule has 54 heavy (non-hydrogen) atoms. The number of ketones is 1. The largest absolute Gasteiger partial charge is 0.481 e. The van der Waals surface area contributed by atoms with Gasteiger partial charge in [-0.05, 0) is 97.4 Å². The van der Waals surface area contributed by atoms with Crippen LogP contribution in [0.5, 0.6) is 0 Å². The monoisotopic (exact) mass is 764 g/mol. The molecular formula is C41H64O13. The molecular weight excluding hydrogens is 700 g/mol. The number of aliphatic hydroxyl groups is 6. The first kappa shape index (κ1) is 41.8. The third-order valence-electron chi connectivity index (χ3n) is 15.7. The average Bonchev–Trinajstić information content (AvgIpc) is 3.39. The normalized spacial score (nSPS) is 48.9. The first-order chi connectivity index (χ1) is 25.2. The maximum absolute atomic E-state index is 12.8. The van der Waals surface area contributed by atoms with E-state index in [4.69, 9.17) is 18.9 Å². The minimum atomic E-state index is -1.60. The Morgan fingerprint density at radius 2 is 1.52 bits per heavy atom. The van der Waals surface area contributed by atoms with Crippen LogP contribution in [0.4, 0.5) is 0 Å². The first-order valence-corrected chi connectivity index (χ1v) is 19.9. The van der Waals surface area contributed by atoms with Gasteiger partial charge < -0.3 is 54.7 Å². The van der Waals surface area contributed by atoms with Crippen LogP contribution in [-0.2, 0) is 28.5 Å². The van der Waals surface area contributed by atoms with Crippen LogP contribution in [0.15, 0.2) is 23.8 Å². The van der Waals surface area contributed by atoms with Gasteiger partial charge in [-0.1, -0.05) is 59.8 Å². The van der Waals surface area contributed by atoms with Gasteiger partial charge in [-0.15, -0.1) is 0 Å². The van der Waals surface area contributed by atoms with Gasteiger partial charge >= 0.3 is 5.97 Å². The summed E-state index contributed by atoms with van der Waals surface area (Å²) in [6.45, 7) is 14.0. The summed E-state index contributed by atoms with van der Waals surface area (Å²) in [4.78, 5) is 24.8. The molecule has 0 spiro atoms. The third kappa shape index (κ3) is 6.65. The van der Waals surface area contributed by atoms with Crippen LogP contribution < -0.4 is 0 Å². The zero-order valence-electron chi connectivity index (χ0n) is 32.9. The van der Waals surface area contributed by atoms with E-state index < -0.39 is 73.3 Å². The first-order valence-electron chi connectivity index (χ1n) is 19.9. The standard InChI is InChI=1S/C41H64O13/c1-21(22(2)43)10-15-41(36(49)50)17-16-39(6)23(18-41)8-9-27-38(5)13-12-28(37(3,4)26(38)11-14-40(27,39)7)54-35-33(48)31(46)30(45)25(53-35)20-51-34-32(47)29(44)24(19-42)52-34/h8-9,18,21,24-35,42,44-48H,10-17,19-20H2,1-7H3,(H,49,50). The van der Waals surface area contributed by atoms with Gasteiger partial charge in [0, 0.05) is 5.92 Å². The molecule has 13 heteroatoms. The van der Waals surface area contributed by atoms with Gasteiger partial charge in [0.25, 0.3) is 0 Å². The van der Waals surface area contributed by atoms with Crippen molar-refractivity contribution in [1.29, 1.82) is 0 Å². The molecule has 0 amide bonds. The van der Waals surface area contributed by atoms with E-state index in [-0.39, 0.29) is 57.9 Å². The van der Waals surface area contributed by atoms with Gasteiger partial charge in [0.05, 0.1) is 24.7 Å². The number of carboxylic acids is 1. The molecule has 2 heterocycles. The quantitative estimate of drug-likeness (QED) is 0.151. The number of carboxylic acid groups (broad SMARTS) is 1. The summed E-state index contributed by atoms with van der Waals surface area (Å²) in [5.74, 6) is -0.492. The summed E-state index contributed by atoms with van der Waals surface area (Å²) in [5, 5.41) is 72.9.